The number of anilines is 2. The van der Waals surface area contributed by atoms with Crippen molar-refractivity contribution in [1.29, 1.82) is 0 Å². The van der Waals surface area contributed by atoms with Crippen molar-refractivity contribution in [2.24, 2.45) is 0 Å². The Kier molecular flexibility index (Phi) is 5.14. The average Bonchev–Trinajstić information content (AvgIpc) is 3.10. The predicted octanol–water partition coefficient (Wildman–Crippen LogP) is 4.37. The van der Waals surface area contributed by atoms with Gasteiger partial charge < -0.3 is 10.6 Å². The van der Waals surface area contributed by atoms with Crippen LogP contribution >= 0.6 is 0 Å². The highest BCUT2D eigenvalue weighted by Gasteiger charge is 2.18. The number of nitrogens with zero attached hydrogens (tertiary/aromatic N) is 1. The lowest BCUT2D eigenvalue weighted by Gasteiger charge is -2.15. The van der Waals surface area contributed by atoms with Crippen LogP contribution in [0, 0.1) is 6.92 Å². The van der Waals surface area contributed by atoms with Crippen molar-refractivity contribution < 1.29 is 4.79 Å². The molecule has 24 heavy (non-hydrogen) atoms. The van der Waals surface area contributed by atoms with Crippen LogP contribution in [0.4, 0.5) is 11.4 Å². The summed E-state index contributed by atoms with van der Waals surface area (Å²) in [4.78, 5) is 16.6. The van der Waals surface area contributed by atoms with Crippen LogP contribution in [0.1, 0.15) is 54.2 Å². The molecule has 1 saturated carbocycles. The van der Waals surface area contributed by atoms with Gasteiger partial charge in [0.05, 0.1) is 0 Å². The minimum absolute atomic E-state index is 0.0777. The zero-order chi connectivity index (χ0) is 16.9. The summed E-state index contributed by atoms with van der Waals surface area (Å²) < 4.78 is 0. The molecular weight excluding hydrogens is 298 g/mol. The van der Waals surface area contributed by atoms with Gasteiger partial charge in [-0.3, -0.25) is 9.78 Å². The minimum atomic E-state index is -0.0777. The van der Waals surface area contributed by atoms with Crippen LogP contribution in [0.3, 0.4) is 0 Å². The number of aryl methyl sites for hydroxylation is 2. The summed E-state index contributed by atoms with van der Waals surface area (Å²) in [5, 5.41) is 6.55. The van der Waals surface area contributed by atoms with Crippen LogP contribution in [-0.4, -0.2) is 16.9 Å². The molecule has 0 spiro atoms. The summed E-state index contributed by atoms with van der Waals surface area (Å²) in [6.45, 7) is 4.24. The summed E-state index contributed by atoms with van der Waals surface area (Å²) >= 11 is 0. The Hall–Kier alpha value is -2.36. The van der Waals surface area contributed by atoms with E-state index in [1.165, 1.54) is 24.0 Å². The fourth-order valence-corrected chi connectivity index (χ4v) is 3.31. The van der Waals surface area contributed by atoms with Gasteiger partial charge in [-0.25, -0.2) is 0 Å². The topological polar surface area (TPSA) is 54.0 Å². The first-order valence-corrected chi connectivity index (χ1v) is 8.80. The molecule has 0 saturated heterocycles. The van der Waals surface area contributed by atoms with E-state index in [4.69, 9.17) is 0 Å². The Labute approximate surface area is 143 Å². The summed E-state index contributed by atoms with van der Waals surface area (Å²) in [6, 6.07) is 10.3. The van der Waals surface area contributed by atoms with E-state index < -0.39 is 0 Å². The third-order valence-corrected chi connectivity index (χ3v) is 4.69. The molecule has 126 valence electrons. The standard InChI is InChI=1S/C20H25N3O/c1-3-15-8-6-7-14(2)19(15)22-17-11-12-21-18(13-17)20(24)23-16-9-4-5-10-16/h6-8,11-13,16H,3-5,9-10H2,1-2H3,(H,21,22)(H,23,24). The Morgan fingerprint density at radius 3 is 2.79 bits per heavy atom. The molecule has 4 heteroatoms. The first-order valence-electron chi connectivity index (χ1n) is 8.80. The molecule has 0 atom stereocenters. The van der Waals surface area contributed by atoms with E-state index in [0.717, 1.165) is 30.6 Å². The predicted molar refractivity (Wildman–Crippen MR) is 97.8 cm³/mol. The Morgan fingerprint density at radius 2 is 2.04 bits per heavy atom. The molecule has 2 N–H and O–H groups in total. The SMILES string of the molecule is CCc1cccc(C)c1Nc1ccnc(C(=O)NC2CCCC2)c1. The van der Waals surface area contributed by atoms with Crippen LogP contribution in [0.5, 0.6) is 0 Å². The van der Waals surface area contributed by atoms with Crippen molar-refractivity contribution in [2.45, 2.75) is 52.0 Å². The van der Waals surface area contributed by atoms with Crippen LogP contribution in [0.15, 0.2) is 36.5 Å². The molecular formula is C20H25N3O. The lowest BCUT2D eigenvalue weighted by atomic mass is 10.1. The highest BCUT2D eigenvalue weighted by Crippen LogP contribution is 2.25. The highest BCUT2D eigenvalue weighted by molar-refractivity contribution is 5.93. The molecule has 0 bridgehead atoms. The third kappa shape index (κ3) is 3.75. The van der Waals surface area contributed by atoms with Gasteiger partial charge in [-0.15, -0.1) is 0 Å². The number of benzene rings is 1. The number of pyridine rings is 1. The molecule has 4 nitrogen and oxygen atoms in total. The van der Waals surface area contributed by atoms with Crippen LogP contribution in [0.25, 0.3) is 0 Å². The lowest BCUT2D eigenvalue weighted by Crippen LogP contribution is -2.33. The van der Waals surface area contributed by atoms with Gasteiger partial charge in [-0.2, -0.15) is 0 Å². The Bertz CT molecular complexity index is 721. The van der Waals surface area contributed by atoms with Crippen molar-refractivity contribution >= 4 is 17.3 Å². The molecule has 1 aromatic carbocycles. The number of para-hydroxylation sites is 1. The summed E-state index contributed by atoms with van der Waals surface area (Å²) in [5.41, 5.74) is 4.95. The van der Waals surface area contributed by atoms with E-state index in [2.05, 4.69) is 47.7 Å². The molecule has 0 aliphatic heterocycles. The van der Waals surface area contributed by atoms with Crippen LogP contribution in [0.2, 0.25) is 0 Å². The van der Waals surface area contributed by atoms with E-state index in [1.807, 2.05) is 12.1 Å². The number of nitrogens with one attached hydrogen (secondary N) is 2. The molecule has 1 fully saturated rings. The number of amides is 1. The zero-order valence-corrected chi connectivity index (χ0v) is 14.4. The first kappa shape index (κ1) is 16.5. The summed E-state index contributed by atoms with van der Waals surface area (Å²) in [7, 11) is 0. The molecule has 1 aromatic heterocycles. The number of hydrogen-bond acceptors (Lipinski definition) is 3. The van der Waals surface area contributed by atoms with Crippen molar-refractivity contribution in [3.8, 4) is 0 Å². The maximum atomic E-state index is 12.4. The van der Waals surface area contributed by atoms with E-state index in [9.17, 15) is 4.79 Å². The van der Waals surface area contributed by atoms with Crippen molar-refractivity contribution in [2.75, 3.05) is 5.32 Å². The first-order chi connectivity index (χ1) is 11.7. The second-order valence-electron chi connectivity index (χ2n) is 6.47. The molecule has 0 unspecified atom stereocenters. The number of hydrogen-bond donors (Lipinski definition) is 2. The van der Waals surface area contributed by atoms with E-state index >= 15 is 0 Å². The molecule has 1 aliphatic rings. The number of rotatable bonds is 5. The van der Waals surface area contributed by atoms with E-state index in [0.29, 0.717) is 11.7 Å². The van der Waals surface area contributed by atoms with E-state index in [1.54, 1.807) is 6.20 Å². The maximum absolute atomic E-state index is 12.4. The number of carbonyl (C=O) groups excluding carboxylic acids is 1. The molecule has 1 aliphatic carbocycles. The van der Waals surface area contributed by atoms with Crippen molar-refractivity contribution in [1.82, 2.24) is 10.3 Å². The second kappa shape index (κ2) is 7.47. The van der Waals surface area contributed by atoms with Gasteiger partial charge in [0, 0.05) is 23.6 Å². The minimum Gasteiger partial charge on any atom is -0.355 e. The third-order valence-electron chi connectivity index (χ3n) is 4.69. The van der Waals surface area contributed by atoms with Gasteiger partial charge >= 0.3 is 0 Å². The molecule has 1 amide bonds. The second-order valence-corrected chi connectivity index (χ2v) is 6.47. The largest absolute Gasteiger partial charge is 0.355 e. The van der Waals surface area contributed by atoms with Gasteiger partial charge in [0.15, 0.2) is 0 Å². The lowest BCUT2D eigenvalue weighted by molar-refractivity contribution is 0.0933. The summed E-state index contributed by atoms with van der Waals surface area (Å²) in [6.07, 6.45) is 7.21. The van der Waals surface area contributed by atoms with Crippen molar-refractivity contribution in [3.63, 3.8) is 0 Å². The van der Waals surface area contributed by atoms with Gasteiger partial charge in [-0.1, -0.05) is 38.0 Å². The smallest absolute Gasteiger partial charge is 0.270 e. The van der Waals surface area contributed by atoms with Gasteiger partial charge in [0.25, 0.3) is 5.91 Å². The fourth-order valence-electron chi connectivity index (χ4n) is 3.31. The Morgan fingerprint density at radius 1 is 1.25 bits per heavy atom. The molecule has 0 radical (unpaired) electrons. The Balaban J connectivity index is 1.77. The van der Waals surface area contributed by atoms with Crippen LogP contribution < -0.4 is 10.6 Å². The summed E-state index contributed by atoms with van der Waals surface area (Å²) in [5.74, 6) is -0.0777. The van der Waals surface area contributed by atoms with E-state index in [-0.39, 0.29) is 5.91 Å². The van der Waals surface area contributed by atoms with Crippen LogP contribution in [-0.2, 0) is 6.42 Å². The molecule has 1 heterocycles. The van der Waals surface area contributed by atoms with Gasteiger partial charge in [0.2, 0.25) is 0 Å². The quantitative estimate of drug-likeness (QED) is 0.859. The fraction of sp³-hybridized carbons (Fsp3) is 0.400. The highest BCUT2D eigenvalue weighted by atomic mass is 16.1. The van der Waals surface area contributed by atoms with Gasteiger partial charge in [0.1, 0.15) is 5.69 Å². The number of carbonyl (C=O) groups is 1. The number of aromatic nitrogens is 1. The zero-order valence-electron chi connectivity index (χ0n) is 14.4. The normalized spacial score (nSPS) is 14.6. The monoisotopic (exact) mass is 323 g/mol. The van der Waals surface area contributed by atoms with Gasteiger partial charge in [-0.05, 0) is 49.4 Å². The molecule has 3 rings (SSSR count). The maximum Gasteiger partial charge on any atom is 0.270 e. The molecule has 2 aromatic rings. The van der Waals surface area contributed by atoms with Crippen molar-refractivity contribution in [3.05, 3.63) is 53.3 Å². The average molecular weight is 323 g/mol.